The number of carbonyl (C=O) groups is 2. The summed E-state index contributed by atoms with van der Waals surface area (Å²) in [6.45, 7) is 6.06. The molecule has 0 aliphatic carbocycles. The van der Waals surface area contributed by atoms with Gasteiger partial charge in [0.2, 0.25) is 5.91 Å². The van der Waals surface area contributed by atoms with Crippen molar-refractivity contribution < 1.29 is 14.0 Å². The Morgan fingerprint density at radius 1 is 1.10 bits per heavy atom. The Hall–Kier alpha value is -3.07. The lowest BCUT2D eigenvalue weighted by Crippen LogP contribution is -2.56. The summed E-state index contributed by atoms with van der Waals surface area (Å²) in [7, 11) is 0. The molecular weight excluding hydrogens is 417 g/mol. The number of rotatable bonds is 5. The zero-order chi connectivity index (χ0) is 22.0. The van der Waals surface area contributed by atoms with E-state index in [2.05, 4.69) is 20.2 Å². The van der Waals surface area contributed by atoms with Gasteiger partial charge in [-0.15, -0.1) is 11.3 Å². The van der Waals surface area contributed by atoms with E-state index in [0.717, 1.165) is 16.0 Å². The van der Waals surface area contributed by atoms with Crippen molar-refractivity contribution >= 4 is 39.2 Å². The smallest absolute Gasteiger partial charge is 0.254 e. The topological polar surface area (TPSA) is 78.4 Å². The number of hydrogen-bond donors (Lipinski definition) is 1. The molecule has 1 N–H and O–H groups in total. The van der Waals surface area contributed by atoms with Gasteiger partial charge in [0.1, 0.15) is 28.8 Å². The minimum Gasteiger partial charge on any atom is -0.352 e. The van der Waals surface area contributed by atoms with E-state index in [-0.39, 0.29) is 17.4 Å². The Morgan fingerprint density at radius 3 is 2.55 bits per heavy atom. The molecule has 1 saturated heterocycles. The number of thiophene rings is 1. The predicted molar refractivity (Wildman–Crippen MR) is 119 cm³/mol. The third-order valence-corrected chi connectivity index (χ3v) is 6.29. The molecule has 0 saturated carbocycles. The van der Waals surface area contributed by atoms with Gasteiger partial charge in [0.25, 0.3) is 5.91 Å². The molecule has 0 spiro atoms. The van der Waals surface area contributed by atoms with E-state index in [1.54, 1.807) is 28.6 Å². The monoisotopic (exact) mass is 441 g/mol. The molecule has 3 aromatic rings. The first-order chi connectivity index (χ1) is 15.0. The largest absolute Gasteiger partial charge is 0.352 e. The highest BCUT2D eigenvalue weighted by molar-refractivity contribution is 7.16. The average molecular weight is 442 g/mol. The summed E-state index contributed by atoms with van der Waals surface area (Å²) in [5, 5.41) is 5.74. The Bertz CT molecular complexity index is 1090. The molecule has 1 aromatic carbocycles. The first kappa shape index (κ1) is 21.2. The van der Waals surface area contributed by atoms with Gasteiger partial charge in [-0.05, 0) is 29.5 Å². The molecule has 2 aromatic heterocycles. The van der Waals surface area contributed by atoms with Crippen molar-refractivity contribution in [1.29, 1.82) is 0 Å². The van der Waals surface area contributed by atoms with Crippen molar-refractivity contribution in [2.75, 3.05) is 31.1 Å². The number of nitrogens with zero attached hydrogens (tertiary/aromatic N) is 4. The summed E-state index contributed by atoms with van der Waals surface area (Å²) in [5.74, 6) is -0.583. The quantitative estimate of drug-likeness (QED) is 0.659. The predicted octanol–water partition coefficient (Wildman–Crippen LogP) is 2.93. The number of aromatic nitrogens is 2. The van der Waals surface area contributed by atoms with Crippen LogP contribution in [0.25, 0.3) is 10.2 Å². The van der Waals surface area contributed by atoms with Crippen LogP contribution in [-0.2, 0) is 4.79 Å². The summed E-state index contributed by atoms with van der Waals surface area (Å²) in [6, 6.07) is 7.07. The standard InChI is InChI=1S/C22H24FN5O2S/c1-14(2)18(26-20(29)15-5-3-4-6-17(15)23)22(30)28-10-8-27(9-11-28)19-16-7-12-31-21(16)25-13-24-19/h3-7,12-14,18H,8-11H2,1-2H3,(H,26,29). The van der Waals surface area contributed by atoms with Crippen molar-refractivity contribution in [3.63, 3.8) is 0 Å². The number of amides is 2. The molecule has 0 radical (unpaired) electrons. The van der Waals surface area contributed by atoms with Crippen LogP contribution in [0, 0.1) is 11.7 Å². The van der Waals surface area contributed by atoms with E-state index in [9.17, 15) is 14.0 Å². The van der Waals surface area contributed by atoms with Crippen molar-refractivity contribution in [1.82, 2.24) is 20.2 Å². The highest BCUT2D eigenvalue weighted by atomic mass is 32.1. The third-order valence-electron chi connectivity index (χ3n) is 5.47. The normalized spacial score (nSPS) is 15.4. The summed E-state index contributed by atoms with van der Waals surface area (Å²) >= 11 is 1.57. The summed E-state index contributed by atoms with van der Waals surface area (Å²) in [4.78, 5) is 39.3. The molecule has 9 heteroatoms. The molecule has 7 nitrogen and oxygen atoms in total. The Morgan fingerprint density at radius 2 is 1.84 bits per heavy atom. The second-order valence-corrected chi connectivity index (χ2v) is 8.72. The number of carbonyl (C=O) groups excluding carboxylic acids is 2. The molecule has 2 amide bonds. The van der Waals surface area contributed by atoms with Gasteiger partial charge in [-0.2, -0.15) is 0 Å². The Labute approximate surface area is 183 Å². The lowest BCUT2D eigenvalue weighted by Gasteiger charge is -2.38. The second-order valence-electron chi connectivity index (χ2n) is 7.82. The van der Waals surface area contributed by atoms with Gasteiger partial charge in [0, 0.05) is 26.2 Å². The van der Waals surface area contributed by atoms with Crippen LogP contribution in [0.1, 0.15) is 24.2 Å². The number of nitrogens with one attached hydrogen (secondary N) is 1. The van der Waals surface area contributed by atoms with Crippen LogP contribution >= 0.6 is 11.3 Å². The van der Waals surface area contributed by atoms with Crippen LogP contribution in [0.15, 0.2) is 42.0 Å². The van der Waals surface area contributed by atoms with Gasteiger partial charge in [0.05, 0.1) is 10.9 Å². The summed E-state index contributed by atoms with van der Waals surface area (Å²) in [5.41, 5.74) is -0.0608. The molecule has 1 aliphatic rings. The van der Waals surface area contributed by atoms with Gasteiger partial charge in [-0.3, -0.25) is 9.59 Å². The molecule has 1 atom stereocenters. The number of anilines is 1. The first-order valence-corrected chi connectivity index (χ1v) is 11.1. The first-order valence-electron chi connectivity index (χ1n) is 10.2. The third kappa shape index (κ3) is 4.36. The van der Waals surface area contributed by atoms with Crippen LogP contribution < -0.4 is 10.2 Å². The van der Waals surface area contributed by atoms with Crippen LogP contribution in [0.3, 0.4) is 0 Å². The molecule has 3 heterocycles. The van der Waals surface area contributed by atoms with Crippen LogP contribution in [0.2, 0.25) is 0 Å². The van der Waals surface area contributed by atoms with Gasteiger partial charge < -0.3 is 15.1 Å². The highest BCUT2D eigenvalue weighted by Gasteiger charge is 2.32. The van der Waals surface area contributed by atoms with Crippen molar-refractivity contribution in [3.05, 3.63) is 53.4 Å². The molecule has 31 heavy (non-hydrogen) atoms. The number of benzene rings is 1. The number of fused-ring (bicyclic) bond motifs is 1. The SMILES string of the molecule is CC(C)C(NC(=O)c1ccccc1F)C(=O)N1CCN(c2ncnc3sccc23)CC1. The van der Waals surface area contributed by atoms with Gasteiger partial charge in [0.15, 0.2) is 0 Å². The second kappa shape index (κ2) is 8.97. The maximum atomic E-state index is 14.0. The molecule has 1 unspecified atom stereocenters. The van der Waals surface area contributed by atoms with Gasteiger partial charge in [-0.25, -0.2) is 14.4 Å². The number of piperazine rings is 1. The van der Waals surface area contributed by atoms with E-state index in [0.29, 0.717) is 26.2 Å². The molecule has 4 rings (SSSR count). The number of halogens is 1. The lowest BCUT2D eigenvalue weighted by molar-refractivity contribution is -0.134. The minimum absolute atomic E-state index is 0.0608. The van der Waals surface area contributed by atoms with Crippen LogP contribution in [-0.4, -0.2) is 58.9 Å². The van der Waals surface area contributed by atoms with E-state index >= 15 is 0 Å². The summed E-state index contributed by atoms with van der Waals surface area (Å²) < 4.78 is 14.0. The lowest BCUT2D eigenvalue weighted by atomic mass is 10.0. The molecular formula is C22H24FN5O2S. The van der Waals surface area contributed by atoms with E-state index in [1.165, 1.54) is 18.2 Å². The van der Waals surface area contributed by atoms with Gasteiger partial charge in [-0.1, -0.05) is 26.0 Å². The Kier molecular flexibility index (Phi) is 6.13. The Balaban J connectivity index is 1.43. The molecule has 162 valence electrons. The fourth-order valence-electron chi connectivity index (χ4n) is 3.74. The molecule has 1 aliphatic heterocycles. The average Bonchev–Trinajstić information content (AvgIpc) is 3.26. The number of hydrogen-bond acceptors (Lipinski definition) is 6. The van der Waals surface area contributed by atoms with E-state index < -0.39 is 17.8 Å². The van der Waals surface area contributed by atoms with Crippen molar-refractivity contribution in [3.8, 4) is 0 Å². The fourth-order valence-corrected chi connectivity index (χ4v) is 4.47. The fraction of sp³-hybridized carbons (Fsp3) is 0.364. The summed E-state index contributed by atoms with van der Waals surface area (Å²) in [6.07, 6.45) is 1.57. The highest BCUT2D eigenvalue weighted by Crippen LogP contribution is 2.27. The zero-order valence-corrected chi connectivity index (χ0v) is 18.2. The van der Waals surface area contributed by atoms with E-state index in [1.807, 2.05) is 25.3 Å². The van der Waals surface area contributed by atoms with E-state index in [4.69, 9.17) is 0 Å². The van der Waals surface area contributed by atoms with Crippen LogP contribution in [0.5, 0.6) is 0 Å². The maximum Gasteiger partial charge on any atom is 0.254 e. The minimum atomic E-state index is -0.721. The van der Waals surface area contributed by atoms with Crippen LogP contribution in [0.4, 0.5) is 10.2 Å². The zero-order valence-electron chi connectivity index (χ0n) is 17.4. The molecule has 1 fully saturated rings. The molecule has 0 bridgehead atoms. The maximum absolute atomic E-state index is 14.0. The van der Waals surface area contributed by atoms with Crippen molar-refractivity contribution in [2.24, 2.45) is 5.92 Å². The van der Waals surface area contributed by atoms with Crippen molar-refractivity contribution in [2.45, 2.75) is 19.9 Å². The van der Waals surface area contributed by atoms with Gasteiger partial charge >= 0.3 is 0 Å².